The number of hydrogen-bond acceptors (Lipinski definition) is 4. The average molecular weight is 368 g/mol. The quantitative estimate of drug-likeness (QED) is 0.307. The lowest BCUT2D eigenvalue weighted by Crippen LogP contribution is -2.33. The second kappa shape index (κ2) is 11.7. The summed E-state index contributed by atoms with van der Waals surface area (Å²) in [7, 11) is 0. The van der Waals surface area contributed by atoms with Crippen molar-refractivity contribution in [1.82, 2.24) is 0 Å². The van der Waals surface area contributed by atoms with E-state index >= 15 is 0 Å². The smallest absolute Gasteiger partial charge is 0.340 e. The molecule has 8 heteroatoms. The molecule has 0 bridgehead atoms. The number of rotatable bonds is 11. The molecule has 0 radical (unpaired) electrons. The number of carbonyl (C=O) groups excluding carboxylic acids is 2. The maximum absolute atomic E-state index is 12.6. The van der Waals surface area contributed by atoms with Gasteiger partial charge in [-0.3, -0.25) is 9.59 Å². The van der Waals surface area contributed by atoms with Crippen molar-refractivity contribution >= 4 is 11.9 Å². The Morgan fingerprint density at radius 3 is 2.04 bits per heavy atom. The molecule has 0 N–H and O–H groups in total. The first-order chi connectivity index (χ1) is 11.5. The van der Waals surface area contributed by atoms with Gasteiger partial charge in [-0.1, -0.05) is 17.2 Å². The van der Waals surface area contributed by atoms with Crippen molar-refractivity contribution in [3.63, 3.8) is 0 Å². The molecular weight excluding hydrogens is 344 g/mol. The van der Waals surface area contributed by atoms with Crippen LogP contribution in [0.1, 0.15) is 46.5 Å². The molecule has 0 saturated heterocycles. The van der Waals surface area contributed by atoms with Crippen molar-refractivity contribution < 1.29 is 36.6 Å². The summed E-state index contributed by atoms with van der Waals surface area (Å²) >= 11 is 0. The number of esters is 2. The van der Waals surface area contributed by atoms with Gasteiger partial charge < -0.3 is 9.47 Å². The van der Waals surface area contributed by atoms with Gasteiger partial charge in [0.1, 0.15) is 6.61 Å². The van der Waals surface area contributed by atoms with Crippen LogP contribution in [0.25, 0.3) is 0 Å². The van der Waals surface area contributed by atoms with Crippen molar-refractivity contribution in [1.29, 1.82) is 0 Å². The topological polar surface area (TPSA) is 52.6 Å². The molecule has 4 nitrogen and oxygen atoms in total. The van der Waals surface area contributed by atoms with Crippen molar-refractivity contribution in [3.05, 3.63) is 23.3 Å². The molecule has 0 aliphatic heterocycles. The molecule has 0 aliphatic rings. The molecule has 0 aliphatic carbocycles. The molecule has 0 fully saturated rings. The molecule has 25 heavy (non-hydrogen) atoms. The summed E-state index contributed by atoms with van der Waals surface area (Å²) in [4.78, 5) is 22.6. The van der Waals surface area contributed by atoms with Gasteiger partial charge in [0, 0.05) is 0 Å². The predicted octanol–water partition coefficient (Wildman–Crippen LogP) is 4.45. The zero-order valence-corrected chi connectivity index (χ0v) is 14.6. The number of alkyl halides is 4. The third kappa shape index (κ3) is 12.2. The van der Waals surface area contributed by atoms with Gasteiger partial charge in [0.05, 0.1) is 12.8 Å². The molecule has 0 aromatic rings. The first-order valence-electron chi connectivity index (χ1n) is 7.80. The largest absolute Gasteiger partial charge is 0.461 e. The number of allylic oxidation sites excluding steroid dienone is 3. The van der Waals surface area contributed by atoms with E-state index in [0.717, 1.165) is 18.4 Å². The highest BCUT2D eigenvalue weighted by Crippen LogP contribution is 2.23. The van der Waals surface area contributed by atoms with Gasteiger partial charge in [-0.25, -0.2) is 8.78 Å². The van der Waals surface area contributed by atoms with E-state index in [1.807, 2.05) is 20.8 Å². The normalized spacial score (nSPS) is 12.1. The summed E-state index contributed by atoms with van der Waals surface area (Å²) in [6, 6.07) is 0. The summed E-state index contributed by atoms with van der Waals surface area (Å²) in [6.45, 7) is 4.22. The predicted molar refractivity (Wildman–Crippen MR) is 84.5 cm³/mol. The number of ether oxygens (including phenoxy) is 2. The molecule has 0 aromatic heterocycles. The molecule has 0 aromatic carbocycles. The van der Waals surface area contributed by atoms with E-state index in [0.29, 0.717) is 0 Å². The first-order valence-corrected chi connectivity index (χ1v) is 7.80. The van der Waals surface area contributed by atoms with Crippen LogP contribution < -0.4 is 0 Å². The van der Waals surface area contributed by atoms with Crippen LogP contribution in [0, 0.1) is 0 Å². The lowest BCUT2D eigenvalue weighted by Gasteiger charge is -2.14. The monoisotopic (exact) mass is 368 g/mol. The molecule has 0 heterocycles. The zero-order valence-electron chi connectivity index (χ0n) is 14.6. The minimum Gasteiger partial charge on any atom is -0.461 e. The molecule has 0 saturated carbocycles. The second-order valence-electron chi connectivity index (χ2n) is 5.78. The van der Waals surface area contributed by atoms with E-state index in [-0.39, 0.29) is 13.0 Å². The van der Waals surface area contributed by atoms with Crippen molar-refractivity contribution in [3.8, 4) is 0 Å². The van der Waals surface area contributed by atoms with E-state index in [1.54, 1.807) is 6.08 Å². The molecule has 0 atom stereocenters. The van der Waals surface area contributed by atoms with Gasteiger partial charge in [-0.2, -0.15) is 8.78 Å². The second-order valence-corrected chi connectivity index (χ2v) is 5.78. The standard InChI is InChI=1S/C17H24F4O4/c1-12(2)5-4-6-13(3)9-10-24-14(22)7-8-15(23)25-11-17(20,21)16(18)19/h5,9,16H,4,6-8,10-11H2,1-3H3/b13-9-. The lowest BCUT2D eigenvalue weighted by atomic mass is 10.1. The van der Waals surface area contributed by atoms with Crippen LogP contribution in [0.15, 0.2) is 23.3 Å². The highest BCUT2D eigenvalue weighted by molar-refractivity contribution is 5.77. The maximum Gasteiger partial charge on any atom is 0.340 e. The Balaban J connectivity index is 3.96. The van der Waals surface area contributed by atoms with E-state index in [9.17, 15) is 27.2 Å². The van der Waals surface area contributed by atoms with Gasteiger partial charge in [-0.15, -0.1) is 0 Å². The third-order valence-corrected chi connectivity index (χ3v) is 3.05. The highest BCUT2D eigenvalue weighted by Gasteiger charge is 2.42. The van der Waals surface area contributed by atoms with E-state index in [2.05, 4.69) is 10.8 Å². The van der Waals surface area contributed by atoms with Crippen LogP contribution in [-0.4, -0.2) is 37.5 Å². The number of hydrogen-bond donors (Lipinski definition) is 0. The molecule has 0 unspecified atom stereocenters. The van der Waals surface area contributed by atoms with E-state index in [4.69, 9.17) is 4.74 Å². The van der Waals surface area contributed by atoms with Gasteiger partial charge in [0.15, 0.2) is 6.61 Å². The Morgan fingerprint density at radius 2 is 1.52 bits per heavy atom. The molecular formula is C17H24F4O4. The van der Waals surface area contributed by atoms with Crippen LogP contribution >= 0.6 is 0 Å². The third-order valence-electron chi connectivity index (χ3n) is 3.05. The Bertz CT molecular complexity index is 495. The van der Waals surface area contributed by atoms with Gasteiger partial charge >= 0.3 is 24.3 Å². The molecule has 0 amide bonds. The van der Waals surface area contributed by atoms with E-state index < -0.39 is 37.3 Å². The van der Waals surface area contributed by atoms with Crippen LogP contribution in [0.4, 0.5) is 17.6 Å². The Kier molecular flexibility index (Phi) is 10.8. The van der Waals surface area contributed by atoms with Crippen LogP contribution in [-0.2, 0) is 19.1 Å². The summed E-state index contributed by atoms with van der Waals surface area (Å²) in [5.41, 5.74) is 2.26. The van der Waals surface area contributed by atoms with Gasteiger partial charge in [0.25, 0.3) is 0 Å². The number of halogens is 4. The minimum atomic E-state index is -4.40. The molecule has 144 valence electrons. The van der Waals surface area contributed by atoms with Crippen LogP contribution in [0.5, 0.6) is 0 Å². The zero-order chi connectivity index (χ0) is 19.5. The summed E-state index contributed by atoms with van der Waals surface area (Å²) < 4.78 is 57.8. The Labute approximate surface area is 144 Å². The fraction of sp³-hybridized carbons (Fsp3) is 0.647. The Hall–Kier alpha value is -1.86. The Morgan fingerprint density at radius 1 is 0.960 bits per heavy atom. The highest BCUT2D eigenvalue weighted by atomic mass is 19.3. The average Bonchev–Trinajstić information content (AvgIpc) is 2.50. The SMILES string of the molecule is CC(C)=CCC/C(C)=C\COC(=O)CCC(=O)OCC(F)(F)C(F)F. The molecule has 0 rings (SSSR count). The van der Waals surface area contributed by atoms with Gasteiger partial charge in [0.2, 0.25) is 0 Å². The van der Waals surface area contributed by atoms with E-state index in [1.165, 1.54) is 5.57 Å². The fourth-order valence-electron chi connectivity index (χ4n) is 1.56. The summed E-state index contributed by atoms with van der Waals surface area (Å²) in [6.07, 6.45) is 0.730. The maximum atomic E-state index is 12.6. The van der Waals surface area contributed by atoms with Crippen molar-refractivity contribution in [2.24, 2.45) is 0 Å². The minimum absolute atomic E-state index is 0.0397. The summed E-state index contributed by atoms with van der Waals surface area (Å²) in [5, 5.41) is 0. The van der Waals surface area contributed by atoms with Gasteiger partial charge in [-0.05, 0) is 39.7 Å². The fourth-order valence-corrected chi connectivity index (χ4v) is 1.56. The van der Waals surface area contributed by atoms with Crippen molar-refractivity contribution in [2.45, 2.75) is 58.8 Å². The van der Waals surface area contributed by atoms with Crippen LogP contribution in [0.3, 0.4) is 0 Å². The number of carbonyl (C=O) groups is 2. The molecule has 0 spiro atoms. The van der Waals surface area contributed by atoms with Crippen LogP contribution in [0.2, 0.25) is 0 Å². The summed E-state index contributed by atoms with van der Waals surface area (Å²) in [5.74, 6) is -6.26. The first kappa shape index (κ1) is 23.1. The van der Waals surface area contributed by atoms with Crippen molar-refractivity contribution in [2.75, 3.05) is 13.2 Å². The lowest BCUT2D eigenvalue weighted by molar-refractivity contribution is -0.180.